The Morgan fingerprint density at radius 2 is 1.88 bits per heavy atom. The van der Waals surface area contributed by atoms with E-state index in [-0.39, 0.29) is 27.6 Å². The highest BCUT2D eigenvalue weighted by atomic mass is 32.2. The van der Waals surface area contributed by atoms with Crippen LogP contribution in [0.3, 0.4) is 0 Å². The van der Waals surface area contributed by atoms with Crippen molar-refractivity contribution in [2.45, 2.75) is 18.2 Å². The molecular weight excluding hydrogens is 446 g/mol. The fraction of sp³-hybridized carbons (Fsp3) is 0.174. The first kappa shape index (κ1) is 22.3. The molecule has 1 amide bonds. The van der Waals surface area contributed by atoms with Crippen LogP contribution in [-0.2, 0) is 16.4 Å². The lowest BCUT2D eigenvalue weighted by atomic mass is 10.1. The van der Waals surface area contributed by atoms with Gasteiger partial charge in [-0.1, -0.05) is 24.3 Å². The average Bonchev–Trinajstić information content (AvgIpc) is 3.24. The SMILES string of the molecule is COc1ccc(S(=O)(=O)N2CCc3ccccc32)cc1C(=O)Nc1ccc(C)c([N+](=O)[O-])c1. The Kier molecular flexibility index (Phi) is 5.77. The van der Waals surface area contributed by atoms with E-state index in [0.717, 1.165) is 5.56 Å². The van der Waals surface area contributed by atoms with E-state index in [9.17, 15) is 23.3 Å². The van der Waals surface area contributed by atoms with E-state index in [1.807, 2.05) is 12.1 Å². The molecule has 0 unspecified atom stereocenters. The minimum Gasteiger partial charge on any atom is -0.496 e. The Labute approximate surface area is 190 Å². The standard InChI is InChI=1S/C23H21N3O6S/c1-15-7-8-17(13-21(15)26(28)29)24-23(27)19-14-18(9-10-22(19)32-2)33(30,31)25-12-11-16-5-3-4-6-20(16)25/h3-10,13-14H,11-12H2,1-2H3,(H,24,27). The van der Waals surface area contributed by atoms with Crippen LogP contribution in [-0.4, -0.2) is 32.9 Å². The van der Waals surface area contributed by atoms with E-state index < -0.39 is 20.9 Å². The molecule has 0 radical (unpaired) electrons. The van der Waals surface area contributed by atoms with Crippen LogP contribution in [0, 0.1) is 17.0 Å². The van der Waals surface area contributed by atoms with Gasteiger partial charge in [-0.25, -0.2) is 8.42 Å². The van der Waals surface area contributed by atoms with Gasteiger partial charge in [-0.3, -0.25) is 19.2 Å². The number of anilines is 2. The molecule has 1 aliphatic heterocycles. The van der Waals surface area contributed by atoms with Gasteiger partial charge in [0.25, 0.3) is 21.6 Å². The Balaban J connectivity index is 1.68. The summed E-state index contributed by atoms with van der Waals surface area (Å²) in [6, 6.07) is 15.7. The van der Waals surface area contributed by atoms with Crippen molar-refractivity contribution in [1.82, 2.24) is 0 Å². The maximum atomic E-state index is 13.4. The summed E-state index contributed by atoms with van der Waals surface area (Å²) in [7, 11) is -2.55. The first-order valence-electron chi connectivity index (χ1n) is 10.1. The van der Waals surface area contributed by atoms with E-state index in [1.54, 1.807) is 19.1 Å². The van der Waals surface area contributed by atoms with E-state index in [2.05, 4.69) is 5.32 Å². The number of nitro benzene ring substituents is 1. The fourth-order valence-electron chi connectivity index (χ4n) is 3.79. The molecule has 0 aromatic heterocycles. The van der Waals surface area contributed by atoms with Gasteiger partial charge < -0.3 is 10.1 Å². The maximum absolute atomic E-state index is 13.4. The number of nitrogens with zero attached hydrogens (tertiary/aromatic N) is 2. The summed E-state index contributed by atoms with van der Waals surface area (Å²) in [6.07, 6.45) is 0.602. The molecule has 0 atom stereocenters. The van der Waals surface area contributed by atoms with Crippen molar-refractivity contribution in [3.63, 3.8) is 0 Å². The first-order chi connectivity index (χ1) is 15.7. The summed E-state index contributed by atoms with van der Waals surface area (Å²) in [5.74, 6) is -0.473. The summed E-state index contributed by atoms with van der Waals surface area (Å²) in [4.78, 5) is 23.6. The average molecular weight is 468 g/mol. The summed E-state index contributed by atoms with van der Waals surface area (Å²) in [5.41, 5.74) is 2.08. The van der Waals surface area contributed by atoms with Crippen LogP contribution < -0.4 is 14.4 Å². The van der Waals surface area contributed by atoms with E-state index >= 15 is 0 Å². The minimum absolute atomic E-state index is 0.00529. The Morgan fingerprint density at radius 1 is 1.12 bits per heavy atom. The van der Waals surface area contributed by atoms with Crippen LogP contribution in [0.5, 0.6) is 5.75 Å². The van der Waals surface area contributed by atoms with Gasteiger partial charge in [-0.15, -0.1) is 0 Å². The number of hydrogen-bond acceptors (Lipinski definition) is 6. The van der Waals surface area contributed by atoms with E-state index in [1.165, 1.54) is 47.8 Å². The lowest BCUT2D eigenvalue weighted by Gasteiger charge is -2.20. The molecule has 0 saturated carbocycles. The predicted molar refractivity (Wildman–Crippen MR) is 123 cm³/mol. The molecule has 0 fully saturated rings. The van der Waals surface area contributed by atoms with Crippen molar-refractivity contribution in [2.24, 2.45) is 0 Å². The number of methoxy groups -OCH3 is 1. The molecule has 0 spiro atoms. The van der Waals surface area contributed by atoms with E-state index in [4.69, 9.17) is 4.74 Å². The molecule has 0 aliphatic carbocycles. The fourth-order valence-corrected chi connectivity index (χ4v) is 5.32. The van der Waals surface area contributed by atoms with Crippen molar-refractivity contribution in [2.75, 3.05) is 23.3 Å². The zero-order valence-corrected chi connectivity index (χ0v) is 18.8. The quantitative estimate of drug-likeness (QED) is 0.434. The lowest BCUT2D eigenvalue weighted by molar-refractivity contribution is -0.385. The summed E-state index contributed by atoms with van der Waals surface area (Å²) >= 11 is 0. The minimum atomic E-state index is -3.92. The lowest BCUT2D eigenvalue weighted by Crippen LogP contribution is -2.29. The van der Waals surface area contributed by atoms with Gasteiger partial charge in [0, 0.05) is 23.9 Å². The Morgan fingerprint density at radius 3 is 2.61 bits per heavy atom. The molecule has 3 aromatic rings. The number of sulfonamides is 1. The third kappa shape index (κ3) is 4.12. The molecule has 1 aliphatic rings. The monoisotopic (exact) mass is 467 g/mol. The molecule has 3 aromatic carbocycles. The van der Waals surface area contributed by atoms with Gasteiger partial charge in [0.15, 0.2) is 0 Å². The second kappa shape index (κ2) is 8.55. The number of rotatable bonds is 6. The molecule has 1 N–H and O–H groups in total. The van der Waals surface area contributed by atoms with Gasteiger partial charge in [0.2, 0.25) is 0 Å². The van der Waals surface area contributed by atoms with Crippen LogP contribution in [0.2, 0.25) is 0 Å². The van der Waals surface area contributed by atoms with Crippen molar-refractivity contribution >= 4 is 33.0 Å². The number of benzene rings is 3. The van der Waals surface area contributed by atoms with Crippen LogP contribution in [0.4, 0.5) is 17.1 Å². The Bertz CT molecular complexity index is 1370. The zero-order valence-electron chi connectivity index (χ0n) is 17.9. The number of aryl methyl sites for hydroxylation is 1. The highest BCUT2D eigenvalue weighted by Crippen LogP contribution is 2.34. The second-order valence-electron chi connectivity index (χ2n) is 7.53. The van der Waals surface area contributed by atoms with E-state index in [0.29, 0.717) is 24.2 Å². The molecule has 9 nitrogen and oxygen atoms in total. The molecule has 0 bridgehead atoms. The first-order valence-corrected chi connectivity index (χ1v) is 11.5. The van der Waals surface area contributed by atoms with Gasteiger partial charge in [0.1, 0.15) is 5.75 Å². The summed E-state index contributed by atoms with van der Waals surface area (Å²) < 4.78 is 33.3. The number of amides is 1. The molecule has 0 saturated heterocycles. The van der Waals surface area contributed by atoms with Crippen LogP contribution in [0.25, 0.3) is 0 Å². The van der Waals surface area contributed by atoms with Crippen LogP contribution >= 0.6 is 0 Å². The highest BCUT2D eigenvalue weighted by molar-refractivity contribution is 7.92. The normalized spacial score (nSPS) is 12.8. The van der Waals surface area contributed by atoms with Gasteiger partial charge >= 0.3 is 0 Å². The number of para-hydroxylation sites is 1. The molecular formula is C23H21N3O6S. The summed E-state index contributed by atoms with van der Waals surface area (Å²) in [6.45, 7) is 1.90. The maximum Gasteiger partial charge on any atom is 0.274 e. The number of hydrogen-bond donors (Lipinski definition) is 1. The van der Waals surface area contributed by atoms with Crippen molar-refractivity contribution < 1.29 is 22.9 Å². The predicted octanol–water partition coefficient (Wildman–Crippen LogP) is 3.92. The second-order valence-corrected chi connectivity index (χ2v) is 9.39. The number of fused-ring (bicyclic) bond motifs is 1. The molecule has 10 heteroatoms. The molecule has 170 valence electrons. The van der Waals surface area contributed by atoms with Gasteiger partial charge in [-0.05, 0) is 49.2 Å². The van der Waals surface area contributed by atoms with Gasteiger partial charge in [-0.2, -0.15) is 0 Å². The van der Waals surface area contributed by atoms with Crippen LogP contribution in [0.15, 0.2) is 65.6 Å². The van der Waals surface area contributed by atoms with Crippen LogP contribution in [0.1, 0.15) is 21.5 Å². The topological polar surface area (TPSA) is 119 Å². The number of ether oxygens (including phenoxy) is 1. The smallest absolute Gasteiger partial charge is 0.274 e. The number of nitro groups is 1. The van der Waals surface area contributed by atoms with Gasteiger partial charge in [0.05, 0.1) is 28.2 Å². The number of nitrogens with one attached hydrogen (secondary N) is 1. The molecule has 33 heavy (non-hydrogen) atoms. The number of carbonyl (C=O) groups is 1. The van der Waals surface area contributed by atoms with Crippen molar-refractivity contribution in [3.8, 4) is 5.75 Å². The number of carbonyl (C=O) groups excluding carboxylic acids is 1. The molecule has 1 heterocycles. The van der Waals surface area contributed by atoms with Crippen molar-refractivity contribution in [3.05, 3.63) is 87.5 Å². The third-order valence-electron chi connectivity index (χ3n) is 5.51. The Hall–Kier alpha value is -3.92. The zero-order chi connectivity index (χ0) is 23.8. The highest BCUT2D eigenvalue weighted by Gasteiger charge is 2.31. The third-order valence-corrected chi connectivity index (χ3v) is 7.32. The molecule has 4 rings (SSSR count). The summed E-state index contributed by atoms with van der Waals surface area (Å²) in [5, 5.41) is 13.8. The largest absolute Gasteiger partial charge is 0.496 e. The van der Waals surface area contributed by atoms with Crippen molar-refractivity contribution in [1.29, 1.82) is 0 Å².